The maximum Gasteiger partial charge on any atom is 0.417 e. The molecule has 10 heteroatoms. The lowest BCUT2D eigenvalue weighted by molar-refractivity contribution is -0.137. The van der Waals surface area contributed by atoms with Crippen LogP contribution in [0.4, 0.5) is 19.0 Å². The van der Waals surface area contributed by atoms with Gasteiger partial charge in [0.05, 0.1) is 12.2 Å². The highest BCUT2D eigenvalue weighted by atomic mass is 32.1. The molecule has 146 valence electrons. The van der Waals surface area contributed by atoms with Crippen LogP contribution < -0.4 is 4.90 Å². The molecular weight excluding hydrogens is 377 g/mol. The van der Waals surface area contributed by atoms with E-state index >= 15 is 0 Å². The number of piperazine rings is 1. The van der Waals surface area contributed by atoms with E-state index in [0.29, 0.717) is 31.5 Å². The van der Waals surface area contributed by atoms with E-state index in [-0.39, 0.29) is 0 Å². The van der Waals surface area contributed by atoms with Crippen molar-refractivity contribution in [3.05, 3.63) is 34.5 Å². The molecule has 0 aromatic carbocycles. The van der Waals surface area contributed by atoms with E-state index in [1.165, 1.54) is 18.9 Å². The predicted molar refractivity (Wildman–Crippen MR) is 97.0 cm³/mol. The third-order valence-electron chi connectivity index (χ3n) is 5.12. The third-order valence-corrected chi connectivity index (χ3v) is 5.61. The maximum absolute atomic E-state index is 12.7. The normalized spacial score (nSPS) is 18.9. The van der Waals surface area contributed by atoms with E-state index in [1.807, 2.05) is 21.2 Å². The second-order valence-corrected chi connectivity index (χ2v) is 7.49. The highest BCUT2D eigenvalue weighted by Gasteiger charge is 2.31. The Hall–Kier alpha value is -1.94. The van der Waals surface area contributed by atoms with Crippen molar-refractivity contribution < 1.29 is 13.2 Å². The Labute approximate surface area is 160 Å². The van der Waals surface area contributed by atoms with Gasteiger partial charge in [0.2, 0.25) is 0 Å². The first kappa shape index (κ1) is 18.4. The van der Waals surface area contributed by atoms with Gasteiger partial charge < -0.3 is 9.47 Å². The molecule has 4 rings (SSSR count). The highest BCUT2D eigenvalue weighted by Crippen LogP contribution is 2.38. The summed E-state index contributed by atoms with van der Waals surface area (Å²) < 4.78 is 42.6. The monoisotopic (exact) mass is 398 g/mol. The van der Waals surface area contributed by atoms with Gasteiger partial charge in [0, 0.05) is 45.3 Å². The van der Waals surface area contributed by atoms with Crippen molar-refractivity contribution in [2.45, 2.75) is 31.6 Å². The molecule has 3 heterocycles. The average Bonchev–Trinajstić information content (AvgIpc) is 3.45. The van der Waals surface area contributed by atoms with Gasteiger partial charge in [-0.1, -0.05) is 0 Å². The summed E-state index contributed by atoms with van der Waals surface area (Å²) in [5.74, 6) is 2.18. The topological polar surface area (TPSA) is 42.1 Å². The number of alkyl halides is 3. The Kier molecular flexibility index (Phi) is 4.71. The molecule has 0 atom stereocenters. The second kappa shape index (κ2) is 6.90. The lowest BCUT2D eigenvalue weighted by Crippen LogP contribution is -2.47. The summed E-state index contributed by atoms with van der Waals surface area (Å²) in [6, 6.07) is 2.52. The maximum atomic E-state index is 12.7. The summed E-state index contributed by atoms with van der Waals surface area (Å²) in [5, 5.41) is 4.68. The molecule has 6 nitrogen and oxygen atoms in total. The number of aromatic nitrogens is 4. The van der Waals surface area contributed by atoms with Crippen LogP contribution in [0.3, 0.4) is 0 Å². The van der Waals surface area contributed by atoms with Crippen molar-refractivity contribution in [2.75, 3.05) is 31.1 Å². The fourth-order valence-corrected chi connectivity index (χ4v) is 3.53. The molecule has 2 aliphatic rings. The van der Waals surface area contributed by atoms with Crippen LogP contribution in [0.25, 0.3) is 0 Å². The molecule has 0 spiro atoms. The minimum Gasteiger partial charge on any atom is -0.354 e. The quantitative estimate of drug-likeness (QED) is 0.741. The van der Waals surface area contributed by atoms with Crippen LogP contribution in [-0.2, 0) is 19.9 Å². The third kappa shape index (κ3) is 3.86. The van der Waals surface area contributed by atoms with E-state index in [2.05, 4.69) is 15.0 Å². The van der Waals surface area contributed by atoms with Crippen molar-refractivity contribution in [1.82, 2.24) is 24.2 Å². The minimum absolute atomic E-state index is 0.542. The van der Waals surface area contributed by atoms with Gasteiger partial charge in [-0.3, -0.25) is 4.90 Å². The van der Waals surface area contributed by atoms with Crippen LogP contribution in [0.5, 0.6) is 0 Å². The van der Waals surface area contributed by atoms with Gasteiger partial charge in [-0.25, -0.2) is 9.67 Å². The molecule has 1 saturated carbocycles. The van der Waals surface area contributed by atoms with E-state index in [9.17, 15) is 13.2 Å². The first-order valence-electron chi connectivity index (χ1n) is 8.97. The fraction of sp³-hybridized carbons (Fsp3) is 0.588. The Morgan fingerprint density at radius 3 is 2.41 bits per heavy atom. The zero-order valence-corrected chi connectivity index (χ0v) is 15.8. The number of anilines is 1. The summed E-state index contributed by atoms with van der Waals surface area (Å²) in [7, 11) is 1.97. The highest BCUT2D eigenvalue weighted by molar-refractivity contribution is 7.71. The minimum atomic E-state index is -4.36. The molecule has 0 radical (unpaired) electrons. The molecule has 2 fully saturated rings. The van der Waals surface area contributed by atoms with Gasteiger partial charge in [-0.15, -0.1) is 0 Å². The number of rotatable bonds is 4. The van der Waals surface area contributed by atoms with Crippen molar-refractivity contribution >= 4 is 18.0 Å². The van der Waals surface area contributed by atoms with Crippen LogP contribution in [0.15, 0.2) is 18.3 Å². The van der Waals surface area contributed by atoms with Crippen molar-refractivity contribution in [2.24, 2.45) is 7.05 Å². The zero-order valence-electron chi connectivity index (χ0n) is 15.0. The number of pyridine rings is 1. The predicted octanol–water partition coefficient (Wildman–Crippen LogP) is 3.02. The molecule has 1 saturated heterocycles. The fourth-order valence-electron chi connectivity index (χ4n) is 3.34. The van der Waals surface area contributed by atoms with Crippen molar-refractivity contribution in [1.29, 1.82) is 0 Å². The Bertz CT molecular complexity index is 860. The molecular formula is C17H21F3N6S. The molecule has 2 aromatic rings. The van der Waals surface area contributed by atoms with Crippen LogP contribution in [-0.4, -0.2) is 50.4 Å². The second-order valence-electron chi connectivity index (χ2n) is 7.12. The summed E-state index contributed by atoms with van der Waals surface area (Å²) in [5.41, 5.74) is -0.721. The Balaban J connectivity index is 1.37. The van der Waals surface area contributed by atoms with Gasteiger partial charge in [-0.2, -0.15) is 18.3 Å². The Morgan fingerprint density at radius 2 is 1.85 bits per heavy atom. The van der Waals surface area contributed by atoms with Crippen molar-refractivity contribution in [3.8, 4) is 0 Å². The summed E-state index contributed by atoms with van der Waals surface area (Å²) >= 11 is 5.50. The molecule has 0 bridgehead atoms. The smallest absolute Gasteiger partial charge is 0.354 e. The molecule has 27 heavy (non-hydrogen) atoms. The standard InChI is InChI=1S/C17H21F3N6S/c1-23-15(12-2-3-12)22-26(16(23)27)11-24-6-8-25(9-7-24)14-5-4-13(10-21-14)17(18,19)20/h4-5,10,12H,2-3,6-9,11H2,1H3. The van der Waals surface area contributed by atoms with Crippen LogP contribution in [0, 0.1) is 4.77 Å². The van der Waals surface area contributed by atoms with Crippen LogP contribution in [0.1, 0.15) is 30.1 Å². The first-order valence-corrected chi connectivity index (χ1v) is 9.38. The Morgan fingerprint density at radius 1 is 1.15 bits per heavy atom. The lowest BCUT2D eigenvalue weighted by Gasteiger charge is -2.35. The molecule has 0 N–H and O–H groups in total. The molecule has 1 aliphatic heterocycles. The van der Waals surface area contributed by atoms with Gasteiger partial charge in [0.15, 0.2) is 4.77 Å². The average molecular weight is 398 g/mol. The van der Waals surface area contributed by atoms with Gasteiger partial charge >= 0.3 is 6.18 Å². The summed E-state index contributed by atoms with van der Waals surface area (Å²) in [6.45, 7) is 3.59. The zero-order chi connectivity index (χ0) is 19.2. The van der Waals surface area contributed by atoms with Crippen molar-refractivity contribution in [3.63, 3.8) is 0 Å². The SMILES string of the molecule is Cn1c(C2CC2)nn(CN2CCN(c3ccc(C(F)(F)F)cn3)CC2)c1=S. The van der Waals surface area contributed by atoms with E-state index in [4.69, 9.17) is 12.2 Å². The molecule has 0 amide bonds. The molecule has 0 unspecified atom stereocenters. The largest absolute Gasteiger partial charge is 0.417 e. The van der Waals surface area contributed by atoms with E-state index < -0.39 is 11.7 Å². The van der Waals surface area contributed by atoms with Gasteiger partial charge in [-0.05, 0) is 37.2 Å². The van der Waals surface area contributed by atoms with Gasteiger partial charge in [0.1, 0.15) is 11.6 Å². The van der Waals surface area contributed by atoms with Crippen LogP contribution >= 0.6 is 12.2 Å². The number of halogens is 3. The first-order chi connectivity index (χ1) is 12.8. The number of nitrogens with zero attached hydrogens (tertiary/aromatic N) is 6. The summed E-state index contributed by atoms with van der Waals surface area (Å²) in [6.07, 6.45) is -1.10. The number of hydrogen-bond donors (Lipinski definition) is 0. The van der Waals surface area contributed by atoms with E-state index in [1.54, 1.807) is 0 Å². The summed E-state index contributed by atoms with van der Waals surface area (Å²) in [4.78, 5) is 8.24. The lowest BCUT2D eigenvalue weighted by atomic mass is 10.2. The molecule has 2 aromatic heterocycles. The number of hydrogen-bond acceptors (Lipinski definition) is 5. The molecule has 1 aliphatic carbocycles. The van der Waals surface area contributed by atoms with E-state index in [0.717, 1.165) is 35.9 Å². The van der Waals surface area contributed by atoms with Crippen LogP contribution in [0.2, 0.25) is 0 Å². The van der Waals surface area contributed by atoms with Gasteiger partial charge in [0.25, 0.3) is 0 Å².